The van der Waals surface area contributed by atoms with E-state index in [1.807, 2.05) is 0 Å². The maximum atomic E-state index is 12.6. The summed E-state index contributed by atoms with van der Waals surface area (Å²) in [6.45, 7) is 0.418. The number of nitrogens with one attached hydrogen (secondary N) is 1. The second-order valence-corrected chi connectivity index (χ2v) is 5.14. The lowest BCUT2D eigenvalue weighted by Crippen LogP contribution is -2.25. The summed E-state index contributed by atoms with van der Waals surface area (Å²) in [5.41, 5.74) is -0.851. The lowest BCUT2D eigenvalue weighted by atomic mass is 10.1. The van der Waals surface area contributed by atoms with E-state index in [4.69, 9.17) is 0 Å². The van der Waals surface area contributed by atoms with E-state index in [9.17, 15) is 18.0 Å². The van der Waals surface area contributed by atoms with Crippen molar-refractivity contribution < 1.29 is 18.0 Å². The van der Waals surface area contributed by atoms with Crippen molar-refractivity contribution in [1.82, 2.24) is 5.32 Å². The van der Waals surface area contributed by atoms with Crippen molar-refractivity contribution in [3.8, 4) is 0 Å². The van der Waals surface area contributed by atoms with E-state index < -0.39 is 17.6 Å². The Balaban J connectivity index is 2.88. The van der Waals surface area contributed by atoms with Gasteiger partial charge in [0.2, 0.25) is 0 Å². The van der Waals surface area contributed by atoms with Gasteiger partial charge in [0.25, 0.3) is 5.91 Å². The van der Waals surface area contributed by atoms with Gasteiger partial charge in [0, 0.05) is 21.9 Å². The monoisotopic (exact) mass is 387 g/mol. The van der Waals surface area contributed by atoms with Gasteiger partial charge in [0.05, 0.1) is 5.56 Å². The largest absolute Gasteiger partial charge is 0.417 e. The summed E-state index contributed by atoms with van der Waals surface area (Å²) in [4.78, 5) is 11.6. The fraction of sp³-hybridized carbons (Fsp3) is 0.364. The van der Waals surface area contributed by atoms with Crippen LogP contribution in [-0.4, -0.2) is 17.8 Å². The van der Waals surface area contributed by atoms with Crippen LogP contribution < -0.4 is 5.32 Å². The summed E-state index contributed by atoms with van der Waals surface area (Å²) in [5, 5.41) is 3.27. The van der Waals surface area contributed by atoms with Gasteiger partial charge in [-0.25, -0.2) is 0 Å². The molecule has 0 heterocycles. The molecular weight excluding hydrogens is 379 g/mol. The maximum absolute atomic E-state index is 12.6. The fourth-order valence-corrected chi connectivity index (χ4v) is 2.01. The van der Waals surface area contributed by atoms with E-state index in [1.54, 1.807) is 0 Å². The molecule has 0 atom stereocenters. The predicted molar refractivity (Wildman–Crippen MR) is 69.9 cm³/mol. The van der Waals surface area contributed by atoms with Crippen LogP contribution in [0.3, 0.4) is 0 Å². The number of rotatable bonds is 4. The standard InChI is InChI=1S/C11H10Br2F3NO/c12-4-1-5-17-10(18)7-2-3-9(13)8(6-7)11(14,15)16/h2-3,6H,1,4-5H2,(H,17,18). The van der Waals surface area contributed by atoms with E-state index in [-0.39, 0.29) is 10.0 Å². The normalized spacial score (nSPS) is 11.4. The van der Waals surface area contributed by atoms with Crippen molar-refractivity contribution in [2.45, 2.75) is 12.6 Å². The molecule has 0 bridgehead atoms. The lowest BCUT2D eigenvalue weighted by Gasteiger charge is -2.11. The molecule has 1 aromatic carbocycles. The minimum Gasteiger partial charge on any atom is -0.352 e. The third kappa shape index (κ3) is 4.28. The van der Waals surface area contributed by atoms with E-state index in [0.717, 1.165) is 11.4 Å². The second kappa shape index (κ2) is 6.56. The Labute approximate surface area is 119 Å². The number of hydrogen-bond donors (Lipinski definition) is 1. The number of alkyl halides is 4. The maximum Gasteiger partial charge on any atom is 0.417 e. The van der Waals surface area contributed by atoms with Crippen LogP contribution in [0.1, 0.15) is 22.3 Å². The molecule has 0 aliphatic heterocycles. The minimum absolute atomic E-state index is 0.0000902. The number of benzene rings is 1. The molecule has 0 aliphatic rings. The molecule has 0 aromatic heterocycles. The molecule has 0 unspecified atom stereocenters. The Morgan fingerprint density at radius 1 is 1.33 bits per heavy atom. The van der Waals surface area contributed by atoms with Gasteiger partial charge in [-0.1, -0.05) is 31.9 Å². The molecule has 0 fully saturated rings. The molecule has 0 spiro atoms. The zero-order chi connectivity index (χ0) is 13.8. The Bertz CT molecular complexity index is 435. The minimum atomic E-state index is -4.48. The molecule has 1 N–H and O–H groups in total. The molecule has 1 aromatic rings. The molecule has 100 valence electrons. The molecule has 1 rings (SSSR count). The van der Waals surface area contributed by atoms with Crippen molar-refractivity contribution in [3.63, 3.8) is 0 Å². The highest BCUT2D eigenvalue weighted by Crippen LogP contribution is 2.35. The van der Waals surface area contributed by atoms with Gasteiger partial charge in [-0.3, -0.25) is 4.79 Å². The SMILES string of the molecule is O=C(NCCCBr)c1ccc(Br)c(C(F)(F)F)c1. The van der Waals surface area contributed by atoms with Gasteiger partial charge in [-0.2, -0.15) is 13.2 Å². The number of amides is 1. The van der Waals surface area contributed by atoms with Crippen molar-refractivity contribution in [2.75, 3.05) is 11.9 Å². The number of carbonyl (C=O) groups is 1. The number of hydrogen-bond acceptors (Lipinski definition) is 1. The summed E-state index contributed by atoms with van der Waals surface area (Å²) >= 11 is 6.02. The van der Waals surface area contributed by atoms with Crippen molar-refractivity contribution in [2.24, 2.45) is 0 Å². The molecule has 0 saturated heterocycles. The topological polar surface area (TPSA) is 29.1 Å². The van der Waals surface area contributed by atoms with Crippen molar-refractivity contribution in [3.05, 3.63) is 33.8 Å². The van der Waals surface area contributed by atoms with Crippen LogP contribution in [0.25, 0.3) is 0 Å². The first-order valence-corrected chi connectivity index (χ1v) is 6.98. The molecule has 7 heteroatoms. The van der Waals surface area contributed by atoms with Crippen molar-refractivity contribution >= 4 is 37.8 Å². The average Bonchev–Trinajstić information content (AvgIpc) is 2.28. The zero-order valence-corrected chi connectivity index (χ0v) is 12.3. The van der Waals surface area contributed by atoms with E-state index in [1.165, 1.54) is 12.1 Å². The highest BCUT2D eigenvalue weighted by atomic mass is 79.9. The van der Waals surface area contributed by atoms with Crippen LogP contribution in [0.15, 0.2) is 22.7 Å². The zero-order valence-electron chi connectivity index (χ0n) is 9.15. The molecule has 0 radical (unpaired) electrons. The van der Waals surface area contributed by atoms with Crippen molar-refractivity contribution in [1.29, 1.82) is 0 Å². The van der Waals surface area contributed by atoms with Crippen LogP contribution >= 0.6 is 31.9 Å². The summed E-state index contributed by atoms with van der Waals surface area (Å²) in [7, 11) is 0. The van der Waals surface area contributed by atoms with Crippen LogP contribution in [-0.2, 0) is 6.18 Å². The quantitative estimate of drug-likeness (QED) is 0.613. The van der Waals surface area contributed by atoms with E-state index >= 15 is 0 Å². The van der Waals surface area contributed by atoms with Crippen LogP contribution in [0.4, 0.5) is 13.2 Å². The molecule has 2 nitrogen and oxygen atoms in total. The Morgan fingerprint density at radius 3 is 2.56 bits per heavy atom. The second-order valence-electron chi connectivity index (χ2n) is 3.49. The third-order valence-corrected chi connectivity index (χ3v) is 3.38. The first-order valence-electron chi connectivity index (χ1n) is 5.07. The van der Waals surface area contributed by atoms with Gasteiger partial charge in [-0.15, -0.1) is 0 Å². The number of halogens is 5. The highest BCUT2D eigenvalue weighted by molar-refractivity contribution is 9.10. The number of carbonyl (C=O) groups excluding carboxylic acids is 1. The average molecular weight is 389 g/mol. The molecule has 0 aliphatic carbocycles. The summed E-state index contributed by atoms with van der Waals surface area (Å²) in [6, 6.07) is 3.42. The van der Waals surface area contributed by atoms with E-state index in [0.29, 0.717) is 13.0 Å². The van der Waals surface area contributed by atoms with Gasteiger partial charge >= 0.3 is 6.18 Å². The van der Waals surface area contributed by atoms with Gasteiger partial charge in [0.1, 0.15) is 0 Å². The van der Waals surface area contributed by atoms with Crippen LogP contribution in [0.5, 0.6) is 0 Å². The fourth-order valence-electron chi connectivity index (χ4n) is 1.25. The molecule has 1 amide bonds. The highest BCUT2D eigenvalue weighted by Gasteiger charge is 2.33. The van der Waals surface area contributed by atoms with Gasteiger partial charge in [-0.05, 0) is 24.6 Å². The summed E-state index contributed by atoms with van der Waals surface area (Å²) in [6.07, 6.45) is -3.76. The Morgan fingerprint density at radius 2 is 2.00 bits per heavy atom. The van der Waals surface area contributed by atoms with Gasteiger partial charge < -0.3 is 5.32 Å². The lowest BCUT2D eigenvalue weighted by molar-refractivity contribution is -0.138. The van der Waals surface area contributed by atoms with Gasteiger partial charge in [0.15, 0.2) is 0 Å². The third-order valence-electron chi connectivity index (χ3n) is 2.13. The molecular formula is C11H10Br2F3NO. The van der Waals surface area contributed by atoms with Crippen LogP contribution in [0.2, 0.25) is 0 Å². The predicted octanol–water partition coefficient (Wildman–Crippen LogP) is 3.98. The first kappa shape index (κ1) is 15.5. The first-order chi connectivity index (χ1) is 8.36. The van der Waals surface area contributed by atoms with E-state index in [2.05, 4.69) is 37.2 Å². The molecule has 0 saturated carbocycles. The Hall–Kier alpha value is -0.560. The smallest absolute Gasteiger partial charge is 0.352 e. The van der Waals surface area contributed by atoms with Crippen LogP contribution in [0, 0.1) is 0 Å². The summed E-state index contributed by atoms with van der Waals surface area (Å²) in [5.74, 6) is -0.506. The molecule has 18 heavy (non-hydrogen) atoms. The Kier molecular flexibility index (Phi) is 5.65. The summed E-state index contributed by atoms with van der Waals surface area (Å²) < 4.78 is 37.8.